The molecule has 0 bridgehead atoms. The Morgan fingerprint density at radius 3 is 2.52 bits per heavy atom. The topological polar surface area (TPSA) is 21.3 Å². The molecule has 0 unspecified atom stereocenters. The Morgan fingerprint density at radius 1 is 1.05 bits per heavy atom. The molecular formula is C17H16ClNOS. The lowest BCUT2D eigenvalue weighted by Gasteiger charge is -2.05. The van der Waals surface area contributed by atoms with Crippen molar-refractivity contribution < 1.29 is 4.74 Å². The van der Waals surface area contributed by atoms with Gasteiger partial charge in [-0.1, -0.05) is 41.9 Å². The average Bonchev–Trinajstić information content (AvgIpc) is 2.85. The molecule has 0 atom stereocenters. The van der Waals surface area contributed by atoms with E-state index in [0.29, 0.717) is 0 Å². The zero-order chi connectivity index (χ0) is 14.7. The summed E-state index contributed by atoms with van der Waals surface area (Å²) < 4.78 is 6.40. The summed E-state index contributed by atoms with van der Waals surface area (Å²) in [6.45, 7) is 1.60. The van der Waals surface area contributed by atoms with Gasteiger partial charge in [-0.3, -0.25) is 0 Å². The number of halogens is 1. The van der Waals surface area contributed by atoms with Crippen LogP contribution in [-0.2, 0) is 13.1 Å². The Hall–Kier alpha value is -1.55. The molecule has 4 heteroatoms. The van der Waals surface area contributed by atoms with Gasteiger partial charge in [0.1, 0.15) is 5.75 Å². The number of benzene rings is 2. The molecule has 0 saturated heterocycles. The Morgan fingerprint density at radius 2 is 1.81 bits per heavy atom. The second kappa shape index (κ2) is 6.48. The molecule has 2 nitrogen and oxygen atoms in total. The van der Waals surface area contributed by atoms with Gasteiger partial charge in [0.25, 0.3) is 0 Å². The quantitative estimate of drug-likeness (QED) is 0.726. The summed E-state index contributed by atoms with van der Waals surface area (Å²) >= 11 is 8.18. The molecule has 1 heterocycles. The average molecular weight is 318 g/mol. The number of ether oxygens (including phenoxy) is 1. The van der Waals surface area contributed by atoms with Gasteiger partial charge in [0.2, 0.25) is 0 Å². The first-order chi connectivity index (χ1) is 10.3. The maximum atomic E-state index is 6.43. The first kappa shape index (κ1) is 14.4. The minimum absolute atomic E-state index is 0.782. The second-order valence-corrected chi connectivity index (χ2v) is 6.30. The minimum atomic E-state index is 0.782. The fraction of sp³-hybridized carbons (Fsp3) is 0.176. The first-order valence-corrected chi connectivity index (χ1v) is 7.97. The van der Waals surface area contributed by atoms with E-state index in [1.54, 1.807) is 18.4 Å². The highest BCUT2D eigenvalue weighted by molar-refractivity contribution is 7.19. The molecule has 0 aliphatic rings. The third kappa shape index (κ3) is 3.21. The van der Waals surface area contributed by atoms with Crippen molar-refractivity contribution in [3.63, 3.8) is 0 Å². The van der Waals surface area contributed by atoms with Crippen molar-refractivity contribution in [2.75, 3.05) is 7.11 Å². The summed E-state index contributed by atoms with van der Waals surface area (Å²) in [5.74, 6) is 0.881. The van der Waals surface area contributed by atoms with Gasteiger partial charge < -0.3 is 10.1 Å². The lowest BCUT2D eigenvalue weighted by Crippen LogP contribution is -2.11. The van der Waals surface area contributed by atoms with Crippen molar-refractivity contribution in [1.29, 1.82) is 0 Å². The van der Waals surface area contributed by atoms with Gasteiger partial charge in [0.05, 0.1) is 12.1 Å². The van der Waals surface area contributed by atoms with Gasteiger partial charge in [0.15, 0.2) is 0 Å². The van der Waals surface area contributed by atoms with Crippen molar-refractivity contribution in [3.8, 4) is 5.75 Å². The molecule has 2 aromatic carbocycles. The maximum absolute atomic E-state index is 6.43. The van der Waals surface area contributed by atoms with Crippen LogP contribution in [0.3, 0.4) is 0 Å². The summed E-state index contributed by atoms with van der Waals surface area (Å²) in [6, 6.07) is 16.3. The van der Waals surface area contributed by atoms with E-state index < -0.39 is 0 Å². The molecule has 0 radical (unpaired) electrons. The number of fused-ring (bicyclic) bond motifs is 1. The Balaban J connectivity index is 1.64. The maximum Gasteiger partial charge on any atom is 0.118 e. The summed E-state index contributed by atoms with van der Waals surface area (Å²) in [6.07, 6.45) is 0. The summed E-state index contributed by atoms with van der Waals surface area (Å²) in [5.41, 5.74) is 1.23. The van der Waals surface area contributed by atoms with Crippen LogP contribution in [0.5, 0.6) is 5.75 Å². The van der Waals surface area contributed by atoms with Crippen molar-refractivity contribution in [2.45, 2.75) is 13.1 Å². The number of rotatable bonds is 5. The standard InChI is InChI=1S/C17H16ClNOS/c1-20-13-8-6-12(7-9-13)10-19-11-16-17(18)14-4-2-3-5-15(14)21-16/h2-9,19H,10-11H2,1H3. The Kier molecular flexibility index (Phi) is 4.44. The van der Waals surface area contributed by atoms with Gasteiger partial charge in [-0.25, -0.2) is 0 Å². The predicted molar refractivity (Wildman–Crippen MR) is 90.4 cm³/mol. The molecule has 3 aromatic rings. The van der Waals surface area contributed by atoms with Gasteiger partial charge >= 0.3 is 0 Å². The van der Waals surface area contributed by atoms with Gasteiger partial charge in [-0.2, -0.15) is 0 Å². The molecule has 0 aliphatic carbocycles. The molecule has 3 rings (SSSR count). The van der Waals surface area contributed by atoms with Gasteiger partial charge in [-0.05, 0) is 23.8 Å². The highest BCUT2D eigenvalue weighted by Crippen LogP contribution is 2.34. The van der Waals surface area contributed by atoms with Gasteiger partial charge in [0, 0.05) is 28.1 Å². The SMILES string of the molecule is COc1ccc(CNCc2sc3ccccc3c2Cl)cc1. The first-order valence-electron chi connectivity index (χ1n) is 6.77. The normalized spacial score (nSPS) is 11.0. The van der Waals surface area contributed by atoms with Crippen molar-refractivity contribution in [2.24, 2.45) is 0 Å². The molecule has 0 aliphatic heterocycles. The predicted octanol–water partition coefficient (Wildman–Crippen LogP) is 4.85. The van der Waals surface area contributed by atoms with E-state index >= 15 is 0 Å². The van der Waals surface area contributed by atoms with Crippen LogP contribution in [0.25, 0.3) is 10.1 Å². The van der Waals surface area contributed by atoms with Crippen LogP contribution >= 0.6 is 22.9 Å². The number of methoxy groups -OCH3 is 1. The van der Waals surface area contributed by atoms with Crippen LogP contribution in [0, 0.1) is 0 Å². The zero-order valence-electron chi connectivity index (χ0n) is 11.7. The Bertz CT molecular complexity index is 736. The smallest absolute Gasteiger partial charge is 0.118 e. The van der Waals surface area contributed by atoms with E-state index in [2.05, 4.69) is 29.6 Å². The van der Waals surface area contributed by atoms with Gasteiger partial charge in [-0.15, -0.1) is 11.3 Å². The molecule has 0 amide bonds. The zero-order valence-corrected chi connectivity index (χ0v) is 13.3. The molecule has 108 valence electrons. The largest absolute Gasteiger partial charge is 0.497 e. The Labute approximate surface area is 133 Å². The van der Waals surface area contributed by atoms with E-state index in [1.165, 1.54) is 15.1 Å². The fourth-order valence-electron chi connectivity index (χ4n) is 2.24. The molecule has 21 heavy (non-hydrogen) atoms. The highest BCUT2D eigenvalue weighted by Gasteiger charge is 2.09. The van der Waals surface area contributed by atoms with Crippen LogP contribution in [0.2, 0.25) is 5.02 Å². The molecule has 0 spiro atoms. The monoisotopic (exact) mass is 317 g/mol. The molecule has 0 saturated carbocycles. The van der Waals surface area contributed by atoms with E-state index in [4.69, 9.17) is 16.3 Å². The number of hydrogen-bond acceptors (Lipinski definition) is 3. The fourth-order valence-corrected chi connectivity index (χ4v) is 3.71. The van der Waals surface area contributed by atoms with Crippen LogP contribution < -0.4 is 10.1 Å². The highest BCUT2D eigenvalue weighted by atomic mass is 35.5. The molecule has 1 N–H and O–H groups in total. The third-order valence-corrected chi connectivity index (χ3v) is 5.09. The third-order valence-electron chi connectivity index (χ3n) is 3.38. The second-order valence-electron chi connectivity index (χ2n) is 4.79. The van der Waals surface area contributed by atoms with Crippen LogP contribution in [0.4, 0.5) is 0 Å². The van der Waals surface area contributed by atoms with Crippen molar-refractivity contribution in [3.05, 3.63) is 64.0 Å². The van der Waals surface area contributed by atoms with E-state index in [9.17, 15) is 0 Å². The van der Waals surface area contributed by atoms with Crippen LogP contribution in [0.15, 0.2) is 48.5 Å². The van der Waals surface area contributed by atoms with E-state index in [1.807, 2.05) is 24.3 Å². The molecule has 0 fully saturated rings. The number of hydrogen-bond donors (Lipinski definition) is 1. The number of thiophene rings is 1. The minimum Gasteiger partial charge on any atom is -0.497 e. The van der Waals surface area contributed by atoms with E-state index in [-0.39, 0.29) is 0 Å². The lowest BCUT2D eigenvalue weighted by atomic mass is 10.2. The lowest BCUT2D eigenvalue weighted by molar-refractivity contribution is 0.414. The summed E-state index contributed by atoms with van der Waals surface area (Å²) in [5, 5.41) is 5.46. The van der Waals surface area contributed by atoms with Crippen molar-refractivity contribution in [1.82, 2.24) is 5.32 Å². The van der Waals surface area contributed by atoms with Crippen LogP contribution in [0.1, 0.15) is 10.4 Å². The molecular weight excluding hydrogens is 302 g/mol. The number of nitrogens with one attached hydrogen (secondary N) is 1. The van der Waals surface area contributed by atoms with Crippen molar-refractivity contribution >= 4 is 33.0 Å². The van der Waals surface area contributed by atoms with Crippen LogP contribution in [-0.4, -0.2) is 7.11 Å². The molecule has 1 aromatic heterocycles. The summed E-state index contributed by atoms with van der Waals surface area (Å²) in [4.78, 5) is 1.19. The summed E-state index contributed by atoms with van der Waals surface area (Å²) in [7, 11) is 1.68. The van der Waals surface area contributed by atoms with E-state index in [0.717, 1.165) is 29.2 Å².